The van der Waals surface area contributed by atoms with Crippen LogP contribution in [0.25, 0.3) is 0 Å². The number of hydrogen-bond acceptors (Lipinski definition) is 3. The molecule has 0 saturated carbocycles. The van der Waals surface area contributed by atoms with Crippen molar-refractivity contribution in [1.82, 2.24) is 5.32 Å². The topological polar surface area (TPSA) is 75.3 Å². The summed E-state index contributed by atoms with van der Waals surface area (Å²) in [5, 5.41) is 2.95. The summed E-state index contributed by atoms with van der Waals surface area (Å²) in [6.45, 7) is 0. The second kappa shape index (κ2) is 8.08. The molecular weight excluding hydrogens is 427 g/mol. The molecule has 2 N–H and O–H groups in total. The maximum Gasteiger partial charge on any atom is 0.263 e. The first kappa shape index (κ1) is 20.4. The molecule has 0 fully saturated rings. The predicted octanol–water partition coefficient (Wildman–Crippen LogP) is 4.70. The van der Waals surface area contributed by atoms with Crippen molar-refractivity contribution < 1.29 is 17.6 Å². The Morgan fingerprint density at radius 2 is 1.77 bits per heavy atom. The molecule has 8 heteroatoms. The van der Waals surface area contributed by atoms with Gasteiger partial charge in [0.1, 0.15) is 10.7 Å². The van der Waals surface area contributed by atoms with Gasteiger partial charge in [-0.2, -0.15) is 0 Å². The number of hydrogen-bond donors (Lipinski definition) is 2. The van der Waals surface area contributed by atoms with E-state index in [-0.39, 0.29) is 33.1 Å². The fourth-order valence-corrected chi connectivity index (χ4v) is 5.11. The normalized spacial score (nSPS) is 15.5. The van der Waals surface area contributed by atoms with E-state index < -0.39 is 15.8 Å². The van der Waals surface area contributed by atoms with E-state index in [1.807, 2.05) is 24.3 Å². The van der Waals surface area contributed by atoms with Crippen molar-refractivity contribution in [3.8, 4) is 0 Å². The lowest BCUT2D eigenvalue weighted by atomic mass is 10.1. The second-order valence-corrected chi connectivity index (χ2v) is 9.08. The van der Waals surface area contributed by atoms with E-state index in [9.17, 15) is 17.6 Å². The maximum absolute atomic E-state index is 13.1. The van der Waals surface area contributed by atoms with E-state index in [0.29, 0.717) is 0 Å². The average molecular weight is 445 g/mol. The van der Waals surface area contributed by atoms with Crippen LogP contribution in [-0.2, 0) is 16.4 Å². The zero-order valence-corrected chi connectivity index (χ0v) is 17.3. The van der Waals surface area contributed by atoms with Gasteiger partial charge in [0, 0.05) is 11.3 Å². The van der Waals surface area contributed by atoms with Gasteiger partial charge in [-0.15, -0.1) is 0 Å². The summed E-state index contributed by atoms with van der Waals surface area (Å²) < 4.78 is 40.9. The lowest BCUT2D eigenvalue weighted by Gasteiger charge is -2.15. The maximum atomic E-state index is 13.1. The summed E-state index contributed by atoms with van der Waals surface area (Å²) in [6, 6.07) is 16.8. The SMILES string of the molecule is O=C(NC1CCc2ccccc21)c1ccc(Cl)c(S(=O)(=O)Nc2ccc(F)cc2)c1. The van der Waals surface area contributed by atoms with Gasteiger partial charge in [-0.05, 0) is 66.4 Å². The lowest BCUT2D eigenvalue weighted by molar-refractivity contribution is 0.0936. The molecule has 1 aliphatic rings. The third-order valence-corrected chi connectivity index (χ3v) is 6.88. The fourth-order valence-electron chi connectivity index (χ4n) is 3.53. The number of aryl methyl sites for hydroxylation is 1. The van der Waals surface area contributed by atoms with Gasteiger partial charge >= 0.3 is 0 Å². The van der Waals surface area contributed by atoms with E-state index >= 15 is 0 Å². The van der Waals surface area contributed by atoms with Crippen molar-refractivity contribution >= 4 is 33.2 Å². The highest BCUT2D eigenvalue weighted by Gasteiger charge is 2.25. The number of benzene rings is 3. The Morgan fingerprint density at radius 1 is 1.03 bits per heavy atom. The van der Waals surface area contributed by atoms with Gasteiger partial charge < -0.3 is 5.32 Å². The Morgan fingerprint density at radius 3 is 2.53 bits per heavy atom. The smallest absolute Gasteiger partial charge is 0.263 e. The number of anilines is 1. The molecule has 30 heavy (non-hydrogen) atoms. The number of nitrogens with one attached hydrogen (secondary N) is 2. The van der Waals surface area contributed by atoms with Crippen LogP contribution in [0.4, 0.5) is 10.1 Å². The standard InChI is InChI=1S/C22H18ClFN2O3S/c23-19-11-5-15(22(27)25-20-12-6-14-3-1-2-4-18(14)20)13-21(19)30(28,29)26-17-9-7-16(24)8-10-17/h1-5,7-11,13,20,26H,6,12H2,(H,25,27). The molecule has 1 amide bonds. The van der Waals surface area contributed by atoms with Crippen LogP contribution in [0.2, 0.25) is 5.02 Å². The third kappa shape index (κ3) is 4.17. The Bertz CT molecular complexity index is 1210. The monoisotopic (exact) mass is 444 g/mol. The van der Waals surface area contributed by atoms with Crippen LogP contribution in [0, 0.1) is 5.82 Å². The molecule has 0 heterocycles. The molecule has 3 aromatic carbocycles. The summed E-state index contributed by atoms with van der Waals surface area (Å²) in [5.41, 5.74) is 2.64. The molecule has 154 valence electrons. The number of carbonyl (C=O) groups is 1. The highest BCUT2D eigenvalue weighted by atomic mass is 35.5. The Kier molecular flexibility index (Phi) is 5.49. The molecule has 0 spiro atoms. The molecule has 0 saturated heterocycles. The average Bonchev–Trinajstić information content (AvgIpc) is 3.12. The van der Waals surface area contributed by atoms with Crippen LogP contribution in [0.1, 0.15) is 33.9 Å². The van der Waals surface area contributed by atoms with Crippen molar-refractivity contribution in [2.24, 2.45) is 0 Å². The predicted molar refractivity (Wildman–Crippen MR) is 114 cm³/mol. The highest BCUT2D eigenvalue weighted by Crippen LogP contribution is 2.31. The summed E-state index contributed by atoms with van der Waals surface area (Å²) in [7, 11) is -4.07. The van der Waals surface area contributed by atoms with E-state index in [4.69, 9.17) is 11.6 Å². The Balaban J connectivity index is 1.57. The van der Waals surface area contributed by atoms with Crippen molar-refractivity contribution in [2.45, 2.75) is 23.8 Å². The van der Waals surface area contributed by atoms with Crippen molar-refractivity contribution in [3.05, 3.63) is 94.3 Å². The van der Waals surface area contributed by atoms with Gasteiger partial charge in [0.05, 0.1) is 11.1 Å². The third-order valence-electron chi connectivity index (χ3n) is 5.02. The molecule has 0 aliphatic heterocycles. The minimum Gasteiger partial charge on any atom is -0.345 e. The molecule has 1 unspecified atom stereocenters. The summed E-state index contributed by atoms with van der Waals surface area (Å²) >= 11 is 6.10. The highest BCUT2D eigenvalue weighted by molar-refractivity contribution is 7.92. The summed E-state index contributed by atoms with van der Waals surface area (Å²) in [4.78, 5) is 12.6. The molecule has 3 aromatic rings. The van der Waals surface area contributed by atoms with Crippen LogP contribution in [0.5, 0.6) is 0 Å². The number of amides is 1. The zero-order chi connectivity index (χ0) is 21.3. The first-order valence-corrected chi connectivity index (χ1v) is 11.2. The van der Waals surface area contributed by atoms with Crippen molar-refractivity contribution in [3.63, 3.8) is 0 Å². The first-order valence-electron chi connectivity index (χ1n) is 9.30. The van der Waals surface area contributed by atoms with Crippen molar-refractivity contribution in [1.29, 1.82) is 0 Å². The van der Waals surface area contributed by atoms with Crippen LogP contribution in [0.15, 0.2) is 71.6 Å². The largest absolute Gasteiger partial charge is 0.345 e. The van der Waals surface area contributed by atoms with Gasteiger partial charge in [-0.1, -0.05) is 35.9 Å². The fraction of sp³-hybridized carbons (Fsp3) is 0.136. The number of halogens is 2. The van der Waals surface area contributed by atoms with E-state index in [1.165, 1.54) is 35.9 Å². The van der Waals surface area contributed by atoms with E-state index in [0.717, 1.165) is 30.5 Å². The van der Waals surface area contributed by atoms with Crippen LogP contribution >= 0.6 is 11.6 Å². The molecule has 1 aliphatic carbocycles. The molecule has 5 nitrogen and oxygen atoms in total. The number of rotatable bonds is 5. The summed E-state index contributed by atoms with van der Waals surface area (Å²) in [5.74, 6) is -0.866. The molecular formula is C22H18ClFN2O3S. The minimum atomic E-state index is -4.07. The molecule has 0 radical (unpaired) electrons. The molecule has 1 atom stereocenters. The summed E-state index contributed by atoms with van der Waals surface area (Å²) in [6.07, 6.45) is 1.67. The van der Waals surface area contributed by atoms with Gasteiger partial charge in [0.15, 0.2) is 0 Å². The minimum absolute atomic E-state index is 0.0210. The second-order valence-electron chi connectivity index (χ2n) is 7.02. The number of carbonyl (C=O) groups excluding carboxylic acids is 1. The van der Waals surface area contributed by atoms with Gasteiger partial charge in [-0.25, -0.2) is 12.8 Å². The van der Waals surface area contributed by atoms with Crippen LogP contribution in [-0.4, -0.2) is 14.3 Å². The van der Waals surface area contributed by atoms with Crippen LogP contribution in [0.3, 0.4) is 0 Å². The Labute approximate surface area is 178 Å². The van der Waals surface area contributed by atoms with Gasteiger partial charge in [0.2, 0.25) is 0 Å². The van der Waals surface area contributed by atoms with Crippen molar-refractivity contribution in [2.75, 3.05) is 4.72 Å². The van der Waals surface area contributed by atoms with Crippen LogP contribution < -0.4 is 10.0 Å². The zero-order valence-electron chi connectivity index (χ0n) is 15.7. The number of sulfonamides is 1. The van der Waals surface area contributed by atoms with E-state index in [2.05, 4.69) is 10.0 Å². The van der Waals surface area contributed by atoms with Gasteiger partial charge in [0.25, 0.3) is 15.9 Å². The molecule has 0 bridgehead atoms. The van der Waals surface area contributed by atoms with E-state index in [1.54, 1.807) is 0 Å². The first-order chi connectivity index (χ1) is 14.3. The molecule has 4 rings (SSSR count). The van der Waals surface area contributed by atoms with Gasteiger partial charge in [-0.3, -0.25) is 9.52 Å². The Hall–Kier alpha value is -2.90. The molecule has 0 aromatic heterocycles. The number of fused-ring (bicyclic) bond motifs is 1. The lowest BCUT2D eigenvalue weighted by Crippen LogP contribution is -2.27. The quantitative estimate of drug-likeness (QED) is 0.599.